The third-order valence-electron chi connectivity index (χ3n) is 5.13. The molecule has 9 heteroatoms. The van der Waals surface area contributed by atoms with Crippen LogP contribution in [0.25, 0.3) is 0 Å². The molecule has 3 rings (SSSR count). The summed E-state index contributed by atoms with van der Waals surface area (Å²) >= 11 is 0. The fraction of sp³-hybridized carbons (Fsp3) is 0.588. The summed E-state index contributed by atoms with van der Waals surface area (Å²) in [6, 6.07) is -1.03. The minimum absolute atomic E-state index is 0.130. The van der Waals surface area contributed by atoms with Crippen molar-refractivity contribution in [2.75, 3.05) is 33.7 Å². The second-order valence-electron chi connectivity index (χ2n) is 7.16. The number of piperidine rings is 1. The summed E-state index contributed by atoms with van der Waals surface area (Å²) in [5, 5.41) is 0. The van der Waals surface area contributed by atoms with Gasteiger partial charge in [-0.3, -0.25) is 24.0 Å². The molecule has 4 amide bonds. The van der Waals surface area contributed by atoms with E-state index in [2.05, 4.69) is 16.1 Å². The Kier molecular flexibility index (Phi) is 4.55. The van der Waals surface area contributed by atoms with Gasteiger partial charge in [-0.25, -0.2) is 9.69 Å². The van der Waals surface area contributed by atoms with Crippen molar-refractivity contribution in [1.29, 1.82) is 0 Å². The summed E-state index contributed by atoms with van der Waals surface area (Å²) in [4.78, 5) is 45.5. The van der Waals surface area contributed by atoms with Crippen molar-refractivity contribution in [1.82, 2.24) is 14.7 Å². The van der Waals surface area contributed by atoms with Crippen molar-refractivity contribution in [3.05, 3.63) is 12.2 Å². The van der Waals surface area contributed by atoms with Gasteiger partial charge in [0.1, 0.15) is 0 Å². The number of likely N-dealkylation sites (N-methyl/N-ethyl adjacent to an activating group) is 2. The van der Waals surface area contributed by atoms with E-state index >= 15 is 0 Å². The summed E-state index contributed by atoms with van der Waals surface area (Å²) in [6.45, 7) is 7.56. The second kappa shape index (κ2) is 6.54. The zero-order valence-corrected chi connectivity index (χ0v) is 15.4. The predicted octanol–water partition coefficient (Wildman–Crippen LogP) is -0.567. The van der Waals surface area contributed by atoms with Gasteiger partial charge in [-0.15, -0.1) is 0 Å². The highest BCUT2D eigenvalue weighted by atomic mass is 16.2. The normalized spacial score (nSPS) is 26.3. The smallest absolute Gasteiger partial charge is 0.369 e. The van der Waals surface area contributed by atoms with E-state index in [0.29, 0.717) is 44.3 Å². The zero-order valence-electron chi connectivity index (χ0n) is 15.4. The number of imide groups is 1. The van der Waals surface area contributed by atoms with Crippen LogP contribution in [0.5, 0.6) is 0 Å². The molecule has 0 radical (unpaired) electrons. The van der Waals surface area contributed by atoms with Gasteiger partial charge in [0, 0.05) is 20.0 Å². The highest BCUT2D eigenvalue weighted by Crippen LogP contribution is 2.25. The van der Waals surface area contributed by atoms with E-state index in [1.54, 1.807) is 7.05 Å². The molecule has 1 atom stereocenters. The average molecular weight is 361 g/mol. The van der Waals surface area contributed by atoms with Crippen LogP contribution in [0.1, 0.15) is 19.8 Å². The van der Waals surface area contributed by atoms with Gasteiger partial charge in [0.15, 0.2) is 0 Å². The topological polar surface area (TPSA) is 102 Å². The highest BCUT2D eigenvalue weighted by Gasteiger charge is 2.55. The van der Waals surface area contributed by atoms with Gasteiger partial charge >= 0.3 is 12.0 Å². The molecule has 2 N–H and O–H groups in total. The molecule has 140 valence electrons. The molecule has 0 aromatic carbocycles. The largest absolute Gasteiger partial charge is 0.392 e. The lowest BCUT2D eigenvalue weighted by Gasteiger charge is -2.33. The Hall–Kier alpha value is -2.71. The zero-order chi connectivity index (χ0) is 19.2. The number of nitrogens with two attached hydrogens (primary N) is 1. The number of fused-ring (bicyclic) bond motifs is 1. The average Bonchev–Trinajstić information content (AvgIpc) is 2.97. The van der Waals surface area contributed by atoms with Gasteiger partial charge in [0.25, 0.3) is 5.91 Å². The lowest BCUT2D eigenvalue weighted by molar-refractivity contribution is -0.544. The van der Waals surface area contributed by atoms with Crippen LogP contribution in [-0.4, -0.2) is 88.7 Å². The molecule has 1 unspecified atom stereocenters. The number of guanidine groups is 1. The van der Waals surface area contributed by atoms with Crippen LogP contribution >= 0.6 is 0 Å². The van der Waals surface area contributed by atoms with Crippen molar-refractivity contribution in [2.24, 2.45) is 16.6 Å². The van der Waals surface area contributed by atoms with Crippen LogP contribution in [0, 0.1) is 5.92 Å². The van der Waals surface area contributed by atoms with Crippen LogP contribution < -0.4 is 5.73 Å². The van der Waals surface area contributed by atoms with E-state index in [4.69, 9.17) is 5.73 Å². The molecule has 0 bridgehead atoms. The molecule has 2 saturated heterocycles. The van der Waals surface area contributed by atoms with Crippen molar-refractivity contribution < 1.29 is 19.0 Å². The Balaban J connectivity index is 1.99. The van der Waals surface area contributed by atoms with E-state index in [-0.39, 0.29) is 17.7 Å². The molecule has 3 heterocycles. The molecule has 0 aromatic rings. The number of rotatable bonds is 3. The Morgan fingerprint density at radius 2 is 1.88 bits per heavy atom. The number of nitrogens with zero attached hydrogens (tertiary/aromatic N) is 5. The van der Waals surface area contributed by atoms with Crippen LogP contribution in [0.4, 0.5) is 4.79 Å². The monoisotopic (exact) mass is 361 g/mol. The van der Waals surface area contributed by atoms with Crippen LogP contribution in [-0.2, 0) is 9.59 Å². The van der Waals surface area contributed by atoms with E-state index in [9.17, 15) is 14.4 Å². The summed E-state index contributed by atoms with van der Waals surface area (Å²) < 4.78 is 2.05. The number of primary amides is 1. The fourth-order valence-electron chi connectivity index (χ4n) is 3.65. The van der Waals surface area contributed by atoms with E-state index in [1.165, 1.54) is 11.9 Å². The van der Waals surface area contributed by atoms with Crippen molar-refractivity contribution in [2.45, 2.75) is 25.8 Å². The molecular weight excluding hydrogens is 336 g/mol. The van der Waals surface area contributed by atoms with E-state index in [0.717, 1.165) is 10.5 Å². The molecule has 2 fully saturated rings. The van der Waals surface area contributed by atoms with Gasteiger partial charge in [-0.1, -0.05) is 11.6 Å². The molecule has 3 aliphatic rings. The molecule has 0 spiro atoms. The summed E-state index contributed by atoms with van der Waals surface area (Å²) in [7, 11) is 3.10. The van der Waals surface area contributed by atoms with E-state index < -0.39 is 12.1 Å². The molecular formula is C17H25N6O3+. The van der Waals surface area contributed by atoms with Crippen molar-refractivity contribution in [3.63, 3.8) is 0 Å². The maximum absolute atomic E-state index is 12.8. The van der Waals surface area contributed by atoms with Gasteiger partial charge in [-0.2, -0.15) is 0 Å². The number of amidine groups is 1. The number of carbonyl (C=O) groups excluding carboxylic acids is 3. The van der Waals surface area contributed by atoms with Gasteiger partial charge in [-0.05, 0) is 25.3 Å². The molecule has 9 nitrogen and oxygen atoms in total. The number of urea groups is 1. The summed E-state index contributed by atoms with van der Waals surface area (Å²) in [5.41, 5.74) is 6.30. The molecule has 0 aliphatic carbocycles. The molecule has 0 aromatic heterocycles. The number of amides is 4. The van der Waals surface area contributed by atoms with Crippen molar-refractivity contribution >= 4 is 29.6 Å². The Labute approximate surface area is 152 Å². The molecule has 26 heavy (non-hydrogen) atoms. The van der Waals surface area contributed by atoms with Gasteiger partial charge in [0.2, 0.25) is 17.8 Å². The first-order valence-corrected chi connectivity index (χ1v) is 8.68. The first-order valence-electron chi connectivity index (χ1n) is 8.68. The number of hydrogen-bond acceptors (Lipinski definition) is 3. The predicted molar refractivity (Wildman–Crippen MR) is 95.6 cm³/mol. The highest BCUT2D eigenvalue weighted by molar-refractivity contribution is 6.25. The van der Waals surface area contributed by atoms with Gasteiger partial charge < -0.3 is 5.73 Å². The van der Waals surface area contributed by atoms with E-state index in [1.807, 2.05) is 11.8 Å². The minimum atomic E-state index is -0.636. The van der Waals surface area contributed by atoms with Crippen LogP contribution in [0.3, 0.4) is 0 Å². The lowest BCUT2D eigenvalue weighted by Crippen LogP contribution is -2.63. The maximum atomic E-state index is 12.8. The summed E-state index contributed by atoms with van der Waals surface area (Å²) in [5.74, 6) is 0.387. The summed E-state index contributed by atoms with van der Waals surface area (Å²) in [6.07, 6.45) is 1.30. The van der Waals surface area contributed by atoms with Crippen LogP contribution in [0.15, 0.2) is 17.1 Å². The fourth-order valence-corrected chi connectivity index (χ4v) is 3.65. The maximum Gasteiger partial charge on any atom is 0.392 e. The van der Waals surface area contributed by atoms with Crippen LogP contribution in [0.2, 0.25) is 0 Å². The number of hydrogen-bond donors (Lipinski definition) is 1. The lowest BCUT2D eigenvalue weighted by atomic mass is 9.97. The number of carbonyl (C=O) groups is 3. The SMILES string of the molecule is C=C(C)CN1C(=[N+]2CCC(C(N)=O)CC2)N=C2C1C(=O)N(C)C(=O)N2C. The Morgan fingerprint density at radius 1 is 1.27 bits per heavy atom. The quantitative estimate of drug-likeness (QED) is 0.537. The standard InChI is InChI=1S/C17H24N6O3/c1-10(2)9-23-12-14(20(3)17(26)21(4)15(12)25)19-16(23)22-7-5-11(6-8-22)13(18)24/h11-12H,1,5-9H2,2-4H3,(H-,18,24)/p+1. The second-order valence-corrected chi connectivity index (χ2v) is 7.16. The Morgan fingerprint density at radius 3 is 2.42 bits per heavy atom. The number of aliphatic imine (C=N–C) groups is 1. The first kappa shape index (κ1) is 18.1. The third-order valence-corrected chi connectivity index (χ3v) is 5.13. The third kappa shape index (κ3) is 2.87. The molecule has 0 saturated carbocycles. The molecule has 3 aliphatic heterocycles. The minimum Gasteiger partial charge on any atom is -0.369 e. The Bertz CT molecular complexity index is 746. The van der Waals surface area contributed by atoms with Crippen molar-refractivity contribution in [3.8, 4) is 0 Å². The van der Waals surface area contributed by atoms with Gasteiger partial charge in [0.05, 0.1) is 19.6 Å². The first-order chi connectivity index (χ1) is 12.2.